The molecule has 0 saturated heterocycles. The van der Waals surface area contributed by atoms with Crippen molar-refractivity contribution >= 4 is 40.5 Å². The zero-order valence-corrected chi connectivity index (χ0v) is 11.9. The fourth-order valence-corrected chi connectivity index (χ4v) is 2.22. The summed E-state index contributed by atoms with van der Waals surface area (Å²) >= 11 is 17.7. The van der Waals surface area contributed by atoms with Gasteiger partial charge in [0.05, 0.1) is 15.1 Å². The Bertz CT molecular complexity index is 574. The molecule has 0 aliphatic rings. The van der Waals surface area contributed by atoms with Gasteiger partial charge in [-0.25, -0.2) is 0 Å². The predicted molar refractivity (Wildman–Crippen MR) is 78.6 cm³/mol. The van der Waals surface area contributed by atoms with Crippen LogP contribution in [0.1, 0.15) is 5.56 Å². The Labute approximate surface area is 125 Å². The lowest BCUT2D eigenvalue weighted by Crippen LogP contribution is -1.99. The van der Waals surface area contributed by atoms with Crippen LogP contribution in [-0.4, -0.2) is 10.2 Å². The minimum absolute atomic E-state index is 0.00368. The highest BCUT2D eigenvalue weighted by atomic mass is 35.5. The smallest absolute Gasteiger partial charge is 0.119 e. The number of halogens is 3. The Balaban J connectivity index is 2.14. The molecule has 0 atom stereocenters. The van der Waals surface area contributed by atoms with Crippen LogP contribution in [0, 0.1) is 0 Å². The van der Waals surface area contributed by atoms with E-state index in [1.54, 1.807) is 24.3 Å². The second kappa shape index (κ2) is 5.78. The maximum absolute atomic E-state index is 9.37. The molecule has 2 aromatic carbocycles. The van der Waals surface area contributed by atoms with Crippen LogP contribution in [0.25, 0.3) is 0 Å². The van der Waals surface area contributed by atoms with Crippen LogP contribution in [0.2, 0.25) is 15.1 Å². The average molecular weight is 319 g/mol. The standard InChI is InChI=1S/C13H10Cl3NO2/c14-11-3-8(4-12(15)13(11)16)17-6-7-1-9(18)5-10(19)2-7/h1-5,17-19H,6H2. The third-order valence-corrected chi connectivity index (χ3v) is 3.64. The van der Waals surface area contributed by atoms with Crippen molar-refractivity contribution in [3.05, 3.63) is 51.0 Å². The van der Waals surface area contributed by atoms with Gasteiger partial charge in [0.1, 0.15) is 11.5 Å². The van der Waals surface area contributed by atoms with Gasteiger partial charge < -0.3 is 15.5 Å². The zero-order valence-electron chi connectivity index (χ0n) is 9.62. The van der Waals surface area contributed by atoms with Crippen LogP contribution in [-0.2, 0) is 6.54 Å². The van der Waals surface area contributed by atoms with Crippen molar-refractivity contribution in [2.75, 3.05) is 5.32 Å². The zero-order chi connectivity index (χ0) is 14.0. The molecule has 0 saturated carbocycles. The van der Waals surface area contributed by atoms with E-state index in [2.05, 4.69) is 5.32 Å². The first kappa shape index (κ1) is 14.1. The van der Waals surface area contributed by atoms with E-state index in [4.69, 9.17) is 34.8 Å². The summed E-state index contributed by atoms with van der Waals surface area (Å²) in [5.74, 6) is 0.00735. The third kappa shape index (κ3) is 3.60. The van der Waals surface area contributed by atoms with Crippen LogP contribution in [0.15, 0.2) is 30.3 Å². The number of hydrogen-bond donors (Lipinski definition) is 3. The van der Waals surface area contributed by atoms with Crippen molar-refractivity contribution in [1.29, 1.82) is 0 Å². The summed E-state index contributed by atoms with van der Waals surface area (Å²) in [5, 5.41) is 22.8. The Hall–Kier alpha value is -1.29. The second-order valence-corrected chi connectivity index (χ2v) is 5.16. The Morgan fingerprint density at radius 3 is 1.89 bits per heavy atom. The van der Waals surface area contributed by atoms with Gasteiger partial charge in [-0.2, -0.15) is 0 Å². The maximum Gasteiger partial charge on any atom is 0.119 e. The number of rotatable bonds is 3. The van der Waals surface area contributed by atoms with E-state index in [1.165, 1.54) is 6.07 Å². The summed E-state index contributed by atoms with van der Waals surface area (Å²) in [5.41, 5.74) is 1.42. The number of phenols is 2. The summed E-state index contributed by atoms with van der Waals surface area (Å²) in [4.78, 5) is 0. The fraction of sp³-hybridized carbons (Fsp3) is 0.0769. The van der Waals surface area contributed by atoms with Gasteiger partial charge in [-0.3, -0.25) is 0 Å². The average Bonchev–Trinajstić information content (AvgIpc) is 2.32. The molecule has 0 spiro atoms. The van der Waals surface area contributed by atoms with Crippen molar-refractivity contribution < 1.29 is 10.2 Å². The predicted octanol–water partition coefficient (Wildman–Crippen LogP) is 4.67. The molecule has 2 aromatic rings. The van der Waals surface area contributed by atoms with Gasteiger partial charge in [-0.05, 0) is 29.8 Å². The summed E-state index contributed by atoms with van der Waals surface area (Å²) in [6, 6.07) is 7.66. The van der Waals surface area contributed by atoms with Crippen LogP contribution in [0.4, 0.5) is 5.69 Å². The molecule has 2 rings (SSSR count). The van der Waals surface area contributed by atoms with Gasteiger partial charge in [-0.1, -0.05) is 34.8 Å². The molecule has 0 amide bonds. The summed E-state index contributed by atoms with van der Waals surface area (Å²) in [6.45, 7) is 0.399. The third-order valence-electron chi connectivity index (χ3n) is 2.44. The Morgan fingerprint density at radius 2 is 1.37 bits per heavy atom. The summed E-state index contributed by atoms with van der Waals surface area (Å²) < 4.78 is 0. The van der Waals surface area contributed by atoms with Gasteiger partial charge in [0.2, 0.25) is 0 Å². The molecule has 0 aliphatic carbocycles. The molecular weight excluding hydrogens is 309 g/mol. The van der Waals surface area contributed by atoms with Gasteiger partial charge in [0.15, 0.2) is 0 Å². The first-order valence-corrected chi connectivity index (χ1v) is 6.49. The van der Waals surface area contributed by atoms with E-state index >= 15 is 0 Å². The lowest BCUT2D eigenvalue weighted by Gasteiger charge is -2.09. The van der Waals surface area contributed by atoms with Crippen molar-refractivity contribution in [3.8, 4) is 11.5 Å². The van der Waals surface area contributed by atoms with E-state index in [9.17, 15) is 10.2 Å². The normalized spacial score (nSPS) is 10.5. The highest BCUT2D eigenvalue weighted by Crippen LogP contribution is 2.33. The van der Waals surface area contributed by atoms with Crippen molar-refractivity contribution in [2.45, 2.75) is 6.54 Å². The van der Waals surface area contributed by atoms with E-state index in [1.807, 2.05) is 0 Å². The van der Waals surface area contributed by atoms with E-state index in [-0.39, 0.29) is 11.5 Å². The number of nitrogens with one attached hydrogen (secondary N) is 1. The molecule has 6 heteroatoms. The number of hydrogen-bond acceptors (Lipinski definition) is 3. The van der Waals surface area contributed by atoms with Gasteiger partial charge in [0.25, 0.3) is 0 Å². The molecule has 0 heterocycles. The lowest BCUT2D eigenvalue weighted by molar-refractivity contribution is 0.449. The quantitative estimate of drug-likeness (QED) is 0.721. The van der Waals surface area contributed by atoms with Crippen LogP contribution < -0.4 is 5.32 Å². The second-order valence-electron chi connectivity index (χ2n) is 3.97. The number of aromatic hydroxyl groups is 2. The molecule has 0 aliphatic heterocycles. The number of benzene rings is 2. The largest absolute Gasteiger partial charge is 0.508 e. The molecule has 0 aromatic heterocycles. The minimum atomic E-state index is 0.00368. The lowest BCUT2D eigenvalue weighted by atomic mass is 10.2. The van der Waals surface area contributed by atoms with Crippen molar-refractivity contribution in [3.63, 3.8) is 0 Å². The Kier molecular flexibility index (Phi) is 4.30. The summed E-state index contributed by atoms with van der Waals surface area (Å²) in [7, 11) is 0. The van der Waals surface area contributed by atoms with Gasteiger partial charge in [0, 0.05) is 18.3 Å². The number of phenolic OH excluding ortho intramolecular Hbond substituents is 2. The van der Waals surface area contributed by atoms with E-state index in [0.29, 0.717) is 27.3 Å². The Morgan fingerprint density at radius 1 is 0.842 bits per heavy atom. The first-order valence-electron chi connectivity index (χ1n) is 5.36. The van der Waals surface area contributed by atoms with Gasteiger partial charge in [-0.15, -0.1) is 0 Å². The topological polar surface area (TPSA) is 52.5 Å². The number of anilines is 1. The molecule has 0 fully saturated rings. The van der Waals surface area contributed by atoms with E-state index in [0.717, 1.165) is 5.56 Å². The fourth-order valence-electron chi connectivity index (χ4n) is 1.62. The van der Waals surface area contributed by atoms with Crippen LogP contribution >= 0.6 is 34.8 Å². The molecule has 19 heavy (non-hydrogen) atoms. The van der Waals surface area contributed by atoms with Gasteiger partial charge >= 0.3 is 0 Å². The summed E-state index contributed by atoms with van der Waals surface area (Å²) in [6.07, 6.45) is 0. The molecule has 0 radical (unpaired) electrons. The van der Waals surface area contributed by atoms with Crippen molar-refractivity contribution in [2.24, 2.45) is 0 Å². The SMILES string of the molecule is Oc1cc(O)cc(CNc2cc(Cl)c(Cl)c(Cl)c2)c1. The maximum atomic E-state index is 9.37. The van der Waals surface area contributed by atoms with Crippen LogP contribution in [0.3, 0.4) is 0 Å². The molecule has 0 unspecified atom stereocenters. The minimum Gasteiger partial charge on any atom is -0.508 e. The molecule has 100 valence electrons. The van der Waals surface area contributed by atoms with Crippen molar-refractivity contribution in [1.82, 2.24) is 0 Å². The van der Waals surface area contributed by atoms with Crippen LogP contribution in [0.5, 0.6) is 11.5 Å². The first-order chi connectivity index (χ1) is 8.95. The molecule has 3 N–H and O–H groups in total. The van der Waals surface area contributed by atoms with E-state index < -0.39 is 0 Å². The molecular formula is C13H10Cl3NO2. The highest BCUT2D eigenvalue weighted by Gasteiger charge is 2.06. The molecule has 3 nitrogen and oxygen atoms in total. The highest BCUT2D eigenvalue weighted by molar-refractivity contribution is 6.48. The monoisotopic (exact) mass is 317 g/mol. The molecule has 0 bridgehead atoms.